The van der Waals surface area contributed by atoms with Crippen molar-refractivity contribution < 1.29 is 51.7 Å². The van der Waals surface area contributed by atoms with Crippen molar-refractivity contribution >= 4 is 68.3 Å². The lowest BCUT2D eigenvalue weighted by molar-refractivity contribution is -0.138. The minimum absolute atomic E-state index is 0.0226. The summed E-state index contributed by atoms with van der Waals surface area (Å²) in [6.45, 7) is 9.53. The van der Waals surface area contributed by atoms with Crippen LogP contribution in [0, 0.1) is 0 Å². The molecule has 1 heterocycles. The number of carbonyl (C=O) groups excluding carboxylic acids is 4. The first-order valence-electron chi connectivity index (χ1n) is 18.3. The summed E-state index contributed by atoms with van der Waals surface area (Å²) >= 11 is 0. The van der Waals surface area contributed by atoms with Crippen molar-refractivity contribution in [2.24, 2.45) is 0 Å². The first-order valence-corrected chi connectivity index (χ1v) is 19.9. The minimum Gasteiger partial charge on any atom is -0.484 e. The van der Waals surface area contributed by atoms with E-state index in [2.05, 4.69) is 15.6 Å². The number of nitrogens with one attached hydrogen (secondary N) is 2. The number of sulfone groups is 1. The number of aliphatic carboxylic acids is 1. The van der Waals surface area contributed by atoms with Crippen LogP contribution in [0.5, 0.6) is 5.75 Å². The Morgan fingerprint density at radius 1 is 0.914 bits per heavy atom. The number of ether oxygens (including phenoxy) is 3. The number of hydrogen-bond donors (Lipinski definition) is 3. The van der Waals surface area contributed by atoms with Gasteiger partial charge in [0.15, 0.2) is 28.3 Å². The van der Waals surface area contributed by atoms with E-state index in [-0.39, 0.29) is 23.0 Å². The zero-order chi connectivity index (χ0) is 42.6. The quantitative estimate of drug-likeness (QED) is 0.113. The van der Waals surface area contributed by atoms with E-state index in [9.17, 15) is 37.5 Å². The number of fused-ring (bicyclic) bond motifs is 1. The minimum atomic E-state index is -3.57. The van der Waals surface area contributed by atoms with Gasteiger partial charge in [-0.1, -0.05) is 12.1 Å². The Balaban J connectivity index is 1.31. The highest BCUT2D eigenvalue weighted by Gasteiger charge is 2.38. The molecule has 4 amide bonds. The van der Waals surface area contributed by atoms with E-state index >= 15 is 0 Å². The van der Waals surface area contributed by atoms with Crippen LogP contribution in [0.15, 0.2) is 77.8 Å². The number of pyridine rings is 1. The molecule has 1 aromatic heterocycles. The smallest absolute Gasteiger partial charge is 0.425 e. The molecule has 308 valence electrons. The first kappa shape index (κ1) is 42.9. The van der Waals surface area contributed by atoms with Gasteiger partial charge in [0.1, 0.15) is 17.0 Å². The van der Waals surface area contributed by atoms with Gasteiger partial charge in [0.05, 0.1) is 10.1 Å². The molecule has 0 bridgehead atoms. The van der Waals surface area contributed by atoms with Crippen LogP contribution in [0.4, 0.5) is 26.8 Å². The zero-order valence-corrected chi connectivity index (χ0v) is 34.1. The van der Waals surface area contributed by atoms with Crippen LogP contribution in [0.1, 0.15) is 71.6 Å². The van der Waals surface area contributed by atoms with Crippen LogP contribution in [0.3, 0.4) is 0 Å². The molecular weight excluding hydrogens is 771 g/mol. The second-order valence-electron chi connectivity index (χ2n) is 15.8. The van der Waals surface area contributed by atoms with Crippen molar-refractivity contribution in [1.29, 1.82) is 0 Å². The molecule has 1 fully saturated rings. The summed E-state index contributed by atoms with van der Waals surface area (Å²) < 4.78 is 42.7. The molecule has 0 aliphatic heterocycles. The fraction of sp³-hybridized carbons (Fsp3) is 0.366. The van der Waals surface area contributed by atoms with Crippen LogP contribution < -0.4 is 20.3 Å². The summed E-state index contributed by atoms with van der Waals surface area (Å²) in [6.07, 6.45) is 1.15. The zero-order valence-electron chi connectivity index (χ0n) is 33.3. The lowest BCUT2D eigenvalue weighted by Gasteiger charge is -2.28. The van der Waals surface area contributed by atoms with Crippen molar-refractivity contribution in [2.45, 2.75) is 88.3 Å². The van der Waals surface area contributed by atoms with Crippen LogP contribution in [-0.4, -0.2) is 84.0 Å². The van der Waals surface area contributed by atoms with Gasteiger partial charge in [-0.3, -0.25) is 9.59 Å². The molecular formula is C41H47N5O11S. The molecule has 17 heteroatoms. The molecule has 5 rings (SSSR count). The van der Waals surface area contributed by atoms with Crippen LogP contribution in [0.2, 0.25) is 0 Å². The maximum atomic E-state index is 13.3. The Bertz CT molecular complexity index is 2300. The fourth-order valence-corrected chi connectivity index (χ4v) is 7.66. The fourth-order valence-electron chi connectivity index (χ4n) is 5.80. The predicted octanol–water partition coefficient (Wildman–Crippen LogP) is 6.69. The third-order valence-electron chi connectivity index (χ3n) is 8.44. The highest BCUT2D eigenvalue weighted by atomic mass is 32.2. The Morgan fingerprint density at radius 2 is 1.57 bits per heavy atom. The molecule has 16 nitrogen and oxygen atoms in total. The Hall–Kier alpha value is -6.23. The third kappa shape index (κ3) is 11.0. The van der Waals surface area contributed by atoms with Gasteiger partial charge in [-0.05, 0) is 125 Å². The number of hydrogen-bond acceptors (Lipinski definition) is 12. The van der Waals surface area contributed by atoms with Gasteiger partial charge in [-0.25, -0.2) is 27.8 Å². The van der Waals surface area contributed by atoms with Gasteiger partial charge < -0.3 is 34.9 Å². The first-order chi connectivity index (χ1) is 27.1. The lowest BCUT2D eigenvalue weighted by atomic mass is 10.1. The number of nitrogens with zero attached hydrogens (tertiary/aromatic N) is 3. The molecule has 0 radical (unpaired) electrons. The lowest BCUT2D eigenvalue weighted by Crippen LogP contribution is -2.44. The number of rotatable bonds is 14. The van der Waals surface area contributed by atoms with Crippen molar-refractivity contribution in [3.8, 4) is 5.75 Å². The number of carboxylic acid groups (broad SMARTS) is 1. The molecule has 3 aromatic carbocycles. The monoisotopic (exact) mass is 817 g/mol. The third-order valence-corrected chi connectivity index (χ3v) is 10.8. The molecule has 4 aromatic rings. The SMILES string of the molecule is CN(C=O)Cc1cc(NC(=O)COc2cccc(C(Nc3ccc4c(N(C(=O)OC(C)(C)C)C(=O)OC(C)(C)C)nccc4c3)C(=O)O)c2)ccc1S(=O)(=O)C1CC1. The molecule has 1 atom stereocenters. The molecule has 0 spiro atoms. The summed E-state index contributed by atoms with van der Waals surface area (Å²) in [7, 11) is -2.05. The summed E-state index contributed by atoms with van der Waals surface area (Å²) in [5.74, 6) is -1.61. The van der Waals surface area contributed by atoms with Crippen molar-refractivity contribution in [2.75, 3.05) is 29.2 Å². The van der Waals surface area contributed by atoms with Gasteiger partial charge >= 0.3 is 18.2 Å². The second kappa shape index (κ2) is 17.1. The standard InChI is InChI=1S/C41H47N5O11S/c1-40(2,3)56-38(51)46(39(52)57-41(4,5)6)36-32-15-11-29(19-25(32)17-18-42-36)44-35(37(49)50)26-9-8-10-30(21-26)55-23-34(48)43-28-12-16-33(58(53,54)31-13-14-31)27(20-28)22-45(7)24-47/h8-12,15-21,24,31,35,44H,13-14,22-23H2,1-7H3,(H,43,48)(H,49,50). The molecule has 3 N–H and O–H groups in total. The van der Waals surface area contributed by atoms with E-state index in [0.717, 1.165) is 4.90 Å². The van der Waals surface area contributed by atoms with E-state index in [4.69, 9.17) is 14.2 Å². The Labute approximate surface area is 336 Å². The summed E-state index contributed by atoms with van der Waals surface area (Å²) in [5, 5.41) is 16.4. The molecule has 1 aliphatic rings. The van der Waals surface area contributed by atoms with Crippen LogP contribution >= 0.6 is 0 Å². The van der Waals surface area contributed by atoms with Gasteiger partial charge in [-0.15, -0.1) is 0 Å². The topological polar surface area (TPSA) is 211 Å². The predicted molar refractivity (Wildman–Crippen MR) is 215 cm³/mol. The van der Waals surface area contributed by atoms with E-state index in [1.54, 1.807) is 84.0 Å². The van der Waals surface area contributed by atoms with Crippen LogP contribution in [0.25, 0.3) is 10.8 Å². The molecule has 1 aliphatic carbocycles. The highest BCUT2D eigenvalue weighted by Crippen LogP contribution is 2.36. The van der Waals surface area contributed by atoms with Crippen molar-refractivity contribution in [1.82, 2.24) is 9.88 Å². The van der Waals surface area contributed by atoms with Crippen LogP contribution in [-0.2, 0) is 40.2 Å². The number of amides is 4. The number of benzene rings is 3. The number of imide groups is 1. The number of carboxylic acids is 1. The molecule has 0 saturated heterocycles. The normalized spacial score (nSPS) is 13.5. The van der Waals surface area contributed by atoms with Crippen molar-refractivity contribution in [3.63, 3.8) is 0 Å². The van der Waals surface area contributed by atoms with Gasteiger partial charge in [0.2, 0.25) is 6.41 Å². The second-order valence-corrected chi connectivity index (χ2v) is 18.0. The van der Waals surface area contributed by atoms with E-state index in [1.165, 1.54) is 42.4 Å². The van der Waals surface area contributed by atoms with E-state index in [0.29, 0.717) is 52.5 Å². The van der Waals surface area contributed by atoms with Gasteiger partial charge in [-0.2, -0.15) is 4.90 Å². The van der Waals surface area contributed by atoms with E-state index < -0.39 is 63.0 Å². The Morgan fingerprint density at radius 3 is 2.17 bits per heavy atom. The number of anilines is 3. The number of carbonyl (C=O) groups is 5. The average Bonchev–Trinajstić information content (AvgIpc) is 3.98. The largest absolute Gasteiger partial charge is 0.484 e. The van der Waals surface area contributed by atoms with E-state index in [1.807, 2.05) is 0 Å². The Kier molecular flexibility index (Phi) is 12.6. The maximum Gasteiger partial charge on any atom is 0.425 e. The average molecular weight is 818 g/mol. The summed E-state index contributed by atoms with van der Waals surface area (Å²) in [6, 6.07) is 15.8. The number of aromatic nitrogens is 1. The van der Waals surface area contributed by atoms with Gasteiger partial charge in [0.25, 0.3) is 5.91 Å². The van der Waals surface area contributed by atoms with Crippen molar-refractivity contribution in [3.05, 3.63) is 84.1 Å². The summed E-state index contributed by atoms with van der Waals surface area (Å²) in [5.41, 5.74) is -0.500. The molecule has 58 heavy (non-hydrogen) atoms. The van der Waals surface area contributed by atoms with Gasteiger partial charge in [0, 0.05) is 36.6 Å². The molecule has 1 saturated carbocycles. The molecule has 1 unspecified atom stereocenters. The maximum absolute atomic E-state index is 13.3. The summed E-state index contributed by atoms with van der Waals surface area (Å²) in [4.78, 5) is 69.8. The highest BCUT2D eigenvalue weighted by molar-refractivity contribution is 7.92.